The molecule has 1 N–H and O–H groups in total. The topological polar surface area (TPSA) is 62.3 Å². The molecule has 0 spiro atoms. The summed E-state index contributed by atoms with van der Waals surface area (Å²) in [4.78, 5) is 32.5. The SMILES string of the molecule is C=CCN(C(=O)CCNC(=O)c1ccccc1Cl)c1nc2c(s1)CCCC2. The standard InChI is InChI=1S/C20H22ClN3O2S/c1-2-13-24(20-23-16-9-5-6-10-17(16)27-20)18(25)11-12-22-19(26)14-7-3-4-8-15(14)21/h2-4,7-8H,1,5-6,9-13H2,(H,22,26). The first kappa shape index (κ1) is 19.6. The number of benzene rings is 1. The summed E-state index contributed by atoms with van der Waals surface area (Å²) >= 11 is 7.62. The normalized spacial score (nSPS) is 12.9. The fourth-order valence-corrected chi connectivity index (χ4v) is 4.42. The van der Waals surface area contributed by atoms with Crippen LogP contribution in [0, 0.1) is 0 Å². The van der Waals surface area contributed by atoms with Gasteiger partial charge in [0.25, 0.3) is 5.91 Å². The number of aryl methyl sites for hydroxylation is 2. The summed E-state index contributed by atoms with van der Waals surface area (Å²) < 4.78 is 0. The van der Waals surface area contributed by atoms with Gasteiger partial charge in [-0.1, -0.05) is 29.8 Å². The van der Waals surface area contributed by atoms with E-state index >= 15 is 0 Å². The molecule has 3 rings (SSSR count). The van der Waals surface area contributed by atoms with Gasteiger partial charge in [-0.15, -0.1) is 17.9 Å². The fourth-order valence-electron chi connectivity index (χ4n) is 3.03. The maximum Gasteiger partial charge on any atom is 0.252 e. The highest BCUT2D eigenvalue weighted by atomic mass is 35.5. The van der Waals surface area contributed by atoms with Gasteiger partial charge in [0.1, 0.15) is 0 Å². The maximum atomic E-state index is 12.7. The van der Waals surface area contributed by atoms with Crippen LogP contribution in [0.2, 0.25) is 5.02 Å². The van der Waals surface area contributed by atoms with Crippen molar-refractivity contribution >= 4 is 39.9 Å². The van der Waals surface area contributed by atoms with Crippen molar-refractivity contribution in [2.75, 3.05) is 18.0 Å². The number of halogens is 1. The lowest BCUT2D eigenvalue weighted by Gasteiger charge is -2.18. The van der Waals surface area contributed by atoms with Crippen molar-refractivity contribution in [1.82, 2.24) is 10.3 Å². The molecule has 2 amide bonds. The molecule has 0 saturated carbocycles. The number of fused-ring (bicyclic) bond motifs is 1. The largest absolute Gasteiger partial charge is 0.351 e. The number of hydrogen-bond donors (Lipinski definition) is 1. The molecule has 1 aromatic carbocycles. The first-order valence-electron chi connectivity index (χ1n) is 9.02. The van der Waals surface area contributed by atoms with Crippen LogP contribution >= 0.6 is 22.9 Å². The molecule has 0 aliphatic heterocycles. The van der Waals surface area contributed by atoms with Crippen molar-refractivity contribution in [3.63, 3.8) is 0 Å². The third kappa shape index (κ3) is 4.76. The molecule has 0 bridgehead atoms. The molecule has 5 nitrogen and oxygen atoms in total. The molecule has 0 fully saturated rings. The van der Waals surface area contributed by atoms with E-state index in [0.717, 1.165) is 30.1 Å². The number of rotatable bonds is 7. The predicted octanol–water partition coefficient (Wildman–Crippen LogP) is 4.01. The Kier molecular flexibility index (Phi) is 6.63. The van der Waals surface area contributed by atoms with Crippen molar-refractivity contribution in [1.29, 1.82) is 0 Å². The van der Waals surface area contributed by atoms with Gasteiger partial charge in [-0.05, 0) is 37.8 Å². The van der Waals surface area contributed by atoms with Crippen molar-refractivity contribution in [3.8, 4) is 0 Å². The molecule has 27 heavy (non-hydrogen) atoms. The van der Waals surface area contributed by atoms with E-state index in [2.05, 4.69) is 16.9 Å². The van der Waals surface area contributed by atoms with E-state index in [1.807, 2.05) is 0 Å². The van der Waals surface area contributed by atoms with Crippen molar-refractivity contribution < 1.29 is 9.59 Å². The van der Waals surface area contributed by atoms with Gasteiger partial charge in [0.05, 0.1) is 16.3 Å². The van der Waals surface area contributed by atoms with Crippen LogP contribution in [0.1, 0.15) is 40.2 Å². The van der Waals surface area contributed by atoms with Gasteiger partial charge in [0.2, 0.25) is 5.91 Å². The maximum absolute atomic E-state index is 12.7. The molecule has 2 aromatic rings. The average Bonchev–Trinajstić information content (AvgIpc) is 3.10. The van der Waals surface area contributed by atoms with E-state index in [1.165, 1.54) is 11.3 Å². The van der Waals surface area contributed by atoms with E-state index < -0.39 is 0 Å². The third-order valence-corrected chi connectivity index (χ3v) is 5.93. The molecule has 0 atom stereocenters. The minimum atomic E-state index is -0.284. The summed E-state index contributed by atoms with van der Waals surface area (Å²) in [5, 5.41) is 3.87. The monoisotopic (exact) mass is 403 g/mol. The Morgan fingerprint density at radius 3 is 2.81 bits per heavy atom. The summed E-state index contributed by atoms with van der Waals surface area (Å²) in [5.41, 5.74) is 1.53. The lowest BCUT2D eigenvalue weighted by atomic mass is 10.0. The van der Waals surface area contributed by atoms with E-state index in [0.29, 0.717) is 17.1 Å². The van der Waals surface area contributed by atoms with Gasteiger partial charge in [0.15, 0.2) is 5.13 Å². The van der Waals surface area contributed by atoms with E-state index in [4.69, 9.17) is 11.6 Å². The molecule has 1 aliphatic carbocycles. The number of amides is 2. The van der Waals surface area contributed by atoms with Crippen LogP contribution in [-0.2, 0) is 17.6 Å². The number of carbonyl (C=O) groups excluding carboxylic acids is 2. The molecule has 7 heteroatoms. The smallest absolute Gasteiger partial charge is 0.252 e. The quantitative estimate of drug-likeness (QED) is 0.710. The van der Waals surface area contributed by atoms with Gasteiger partial charge >= 0.3 is 0 Å². The molecule has 1 heterocycles. The van der Waals surface area contributed by atoms with E-state index in [9.17, 15) is 9.59 Å². The molecule has 1 aromatic heterocycles. The highest BCUT2D eigenvalue weighted by Crippen LogP contribution is 2.32. The molecular weight excluding hydrogens is 382 g/mol. The van der Waals surface area contributed by atoms with Crippen molar-refractivity contribution in [2.24, 2.45) is 0 Å². The Morgan fingerprint density at radius 2 is 2.07 bits per heavy atom. The first-order chi connectivity index (χ1) is 13.1. The zero-order valence-corrected chi connectivity index (χ0v) is 16.6. The Hall–Kier alpha value is -2.18. The molecule has 0 radical (unpaired) electrons. The lowest BCUT2D eigenvalue weighted by Crippen LogP contribution is -2.34. The van der Waals surface area contributed by atoms with Crippen LogP contribution in [0.15, 0.2) is 36.9 Å². The number of nitrogens with zero attached hydrogens (tertiary/aromatic N) is 2. The zero-order chi connectivity index (χ0) is 19.2. The highest BCUT2D eigenvalue weighted by Gasteiger charge is 2.22. The number of nitrogens with one attached hydrogen (secondary N) is 1. The molecular formula is C20H22ClN3O2S. The number of thiazole rings is 1. The fraction of sp³-hybridized carbons (Fsp3) is 0.350. The highest BCUT2D eigenvalue weighted by molar-refractivity contribution is 7.16. The molecule has 1 aliphatic rings. The van der Waals surface area contributed by atoms with Crippen molar-refractivity contribution in [2.45, 2.75) is 32.1 Å². The van der Waals surface area contributed by atoms with E-state index in [1.54, 1.807) is 46.6 Å². The number of aromatic nitrogens is 1. The third-order valence-electron chi connectivity index (χ3n) is 4.42. The number of hydrogen-bond acceptors (Lipinski definition) is 4. The minimum absolute atomic E-state index is 0.0829. The average molecular weight is 404 g/mol. The summed E-state index contributed by atoms with van der Waals surface area (Å²) in [7, 11) is 0. The number of carbonyl (C=O) groups is 2. The zero-order valence-electron chi connectivity index (χ0n) is 15.0. The Morgan fingerprint density at radius 1 is 1.30 bits per heavy atom. The summed E-state index contributed by atoms with van der Waals surface area (Å²) in [5.74, 6) is -0.367. The summed E-state index contributed by atoms with van der Waals surface area (Å²) in [6.45, 7) is 4.39. The second-order valence-corrected chi connectivity index (χ2v) is 7.82. The Labute approximate surface area is 168 Å². The molecule has 0 unspecified atom stereocenters. The van der Waals surface area contributed by atoms with Gasteiger partial charge in [-0.25, -0.2) is 4.98 Å². The van der Waals surface area contributed by atoms with E-state index in [-0.39, 0.29) is 24.8 Å². The summed E-state index contributed by atoms with van der Waals surface area (Å²) in [6.07, 6.45) is 6.24. The van der Waals surface area contributed by atoms with Crippen LogP contribution in [0.25, 0.3) is 0 Å². The van der Waals surface area contributed by atoms with Gasteiger partial charge in [-0.2, -0.15) is 0 Å². The van der Waals surface area contributed by atoms with Crippen molar-refractivity contribution in [3.05, 3.63) is 58.1 Å². The second kappa shape index (κ2) is 9.15. The predicted molar refractivity (Wildman–Crippen MR) is 110 cm³/mol. The Balaban J connectivity index is 1.60. The van der Waals surface area contributed by atoms with Crippen LogP contribution in [0.3, 0.4) is 0 Å². The molecule has 142 valence electrons. The minimum Gasteiger partial charge on any atom is -0.351 e. The second-order valence-electron chi connectivity index (χ2n) is 6.35. The Bertz CT molecular complexity index is 826. The van der Waals surface area contributed by atoms with Crippen LogP contribution in [-0.4, -0.2) is 29.9 Å². The van der Waals surface area contributed by atoms with Crippen LogP contribution < -0.4 is 10.2 Å². The van der Waals surface area contributed by atoms with Crippen LogP contribution in [0.4, 0.5) is 5.13 Å². The summed E-state index contributed by atoms with van der Waals surface area (Å²) in [6, 6.07) is 6.84. The van der Waals surface area contributed by atoms with Gasteiger partial charge in [0, 0.05) is 24.4 Å². The van der Waals surface area contributed by atoms with Gasteiger partial charge in [-0.3, -0.25) is 14.5 Å². The molecule has 0 saturated heterocycles. The van der Waals surface area contributed by atoms with Crippen LogP contribution in [0.5, 0.6) is 0 Å². The lowest BCUT2D eigenvalue weighted by molar-refractivity contribution is -0.118. The number of anilines is 1. The first-order valence-corrected chi connectivity index (χ1v) is 10.2. The van der Waals surface area contributed by atoms with Gasteiger partial charge < -0.3 is 5.32 Å².